The lowest BCUT2D eigenvalue weighted by atomic mass is 10.6. The Hall–Kier alpha value is 1.94. The van der Waals surface area contributed by atoms with E-state index in [0.717, 1.165) is 75.9 Å². The van der Waals surface area contributed by atoms with E-state index in [0.29, 0.717) is 0 Å². The van der Waals surface area contributed by atoms with E-state index in [1.54, 1.807) is 0 Å². The van der Waals surface area contributed by atoms with Crippen LogP contribution in [0, 0.1) is 0 Å². The first kappa shape index (κ1) is 34.9. The van der Waals surface area contributed by atoms with Crippen LogP contribution in [0.1, 0.15) is 19.3 Å². The molecule has 0 fully saturated rings. The summed E-state index contributed by atoms with van der Waals surface area (Å²) in [6, 6.07) is 0. The monoisotopic (exact) mass is 580 g/mol. The minimum Gasteiger partial charge on any atom is -0.378 e. The highest BCUT2D eigenvalue weighted by Crippen LogP contribution is 2.09. The van der Waals surface area contributed by atoms with Gasteiger partial charge >= 0.3 is 0 Å². The van der Waals surface area contributed by atoms with Gasteiger partial charge in [0.25, 0.3) is 0 Å². The molecule has 10 heteroatoms. The largest absolute Gasteiger partial charge is 0.378 e. The normalized spacial score (nSPS) is 11.5. The molecule has 0 aromatic carbocycles. The molecular weight excluding hydrogens is 533 g/mol. The first-order valence-corrected chi connectivity index (χ1v) is 19.4. The van der Waals surface area contributed by atoms with E-state index >= 15 is 0 Å². The molecule has 0 rings (SSSR count). The molecule has 0 aromatic heterocycles. The van der Waals surface area contributed by atoms with Gasteiger partial charge in [-0.1, -0.05) is 0 Å². The van der Waals surface area contributed by atoms with E-state index in [1.165, 1.54) is 53.8 Å². The number of ether oxygens (including phenoxy) is 4. The molecule has 0 heterocycles. The van der Waals surface area contributed by atoms with Gasteiger partial charge in [0.05, 0.1) is 52.9 Å². The molecular formula is C23H48O4S6. The van der Waals surface area contributed by atoms with Crippen LogP contribution in [0.3, 0.4) is 0 Å². The lowest BCUT2D eigenvalue weighted by Crippen LogP contribution is -2.09. The summed E-state index contributed by atoms with van der Waals surface area (Å²) in [7, 11) is 0. The second-order valence-corrected chi connectivity index (χ2v) is 13.8. The maximum absolute atomic E-state index is 5.64. The van der Waals surface area contributed by atoms with Gasteiger partial charge in [-0.25, -0.2) is 0 Å². The number of thioether (sulfide) groups is 6. The van der Waals surface area contributed by atoms with Crippen molar-refractivity contribution in [2.75, 3.05) is 123 Å². The SMILES string of the molecule is CSCCCSCCOCCOCCSCCCSCCOCCOCCSCCCSC. The molecule has 0 radical (unpaired) electrons. The standard InChI is InChI=1S/C23H48O4S6/c1-28-14-3-16-30-20-10-24-6-8-26-12-22-32-18-5-19-33-23-13-27-9-7-25-11-21-31-17-4-15-29-2/h3-23H2,1-2H3. The minimum absolute atomic E-state index is 0.718. The Morgan fingerprint density at radius 2 is 0.606 bits per heavy atom. The molecule has 0 aliphatic carbocycles. The number of hydrogen-bond donors (Lipinski definition) is 0. The van der Waals surface area contributed by atoms with Crippen LogP contribution < -0.4 is 0 Å². The summed E-state index contributed by atoms with van der Waals surface area (Å²) in [6.45, 7) is 6.23. The lowest BCUT2D eigenvalue weighted by molar-refractivity contribution is 0.0605. The smallest absolute Gasteiger partial charge is 0.0700 e. The van der Waals surface area contributed by atoms with Crippen molar-refractivity contribution < 1.29 is 18.9 Å². The van der Waals surface area contributed by atoms with Crippen molar-refractivity contribution in [3.05, 3.63) is 0 Å². The molecule has 0 N–H and O–H groups in total. The molecule has 0 aliphatic rings. The van der Waals surface area contributed by atoms with Crippen molar-refractivity contribution >= 4 is 70.6 Å². The van der Waals surface area contributed by atoms with Crippen LogP contribution in [0.5, 0.6) is 0 Å². The van der Waals surface area contributed by atoms with Gasteiger partial charge in [0.15, 0.2) is 0 Å². The summed E-state index contributed by atoms with van der Waals surface area (Å²) in [5.74, 6) is 11.8. The molecule has 0 aliphatic heterocycles. The zero-order valence-electron chi connectivity index (χ0n) is 20.9. The predicted octanol–water partition coefficient (Wildman–Crippen LogP) is 5.88. The Labute approximate surface area is 230 Å². The van der Waals surface area contributed by atoms with Crippen LogP contribution in [-0.2, 0) is 18.9 Å². The fourth-order valence-electron chi connectivity index (χ4n) is 2.40. The summed E-state index contributed by atoms with van der Waals surface area (Å²) in [6.07, 6.45) is 8.18. The molecule has 4 nitrogen and oxygen atoms in total. The third kappa shape index (κ3) is 33.9. The summed E-state index contributed by atoms with van der Waals surface area (Å²) < 4.78 is 22.5. The Kier molecular flexibility index (Phi) is 35.9. The molecule has 200 valence electrons. The maximum atomic E-state index is 5.64. The van der Waals surface area contributed by atoms with Crippen molar-refractivity contribution in [1.82, 2.24) is 0 Å². The van der Waals surface area contributed by atoms with Crippen molar-refractivity contribution in [2.24, 2.45) is 0 Å². The van der Waals surface area contributed by atoms with E-state index in [2.05, 4.69) is 12.5 Å². The van der Waals surface area contributed by atoms with Gasteiger partial charge in [-0.3, -0.25) is 0 Å². The summed E-state index contributed by atoms with van der Waals surface area (Å²) in [5.41, 5.74) is 0. The molecule has 0 saturated carbocycles. The van der Waals surface area contributed by atoms with Crippen LogP contribution in [0.25, 0.3) is 0 Å². The van der Waals surface area contributed by atoms with E-state index in [9.17, 15) is 0 Å². The molecule has 0 atom stereocenters. The van der Waals surface area contributed by atoms with Gasteiger partial charge < -0.3 is 18.9 Å². The summed E-state index contributed by atoms with van der Waals surface area (Å²) in [4.78, 5) is 0. The lowest BCUT2D eigenvalue weighted by Gasteiger charge is -2.07. The van der Waals surface area contributed by atoms with Gasteiger partial charge in [-0.2, -0.15) is 70.6 Å². The highest BCUT2D eigenvalue weighted by molar-refractivity contribution is 8.00. The minimum atomic E-state index is 0.718. The van der Waals surface area contributed by atoms with Gasteiger partial charge in [-0.15, -0.1) is 0 Å². The van der Waals surface area contributed by atoms with Crippen LogP contribution in [0.4, 0.5) is 0 Å². The molecule has 0 amide bonds. The average molecular weight is 581 g/mol. The van der Waals surface area contributed by atoms with Crippen LogP contribution in [-0.4, -0.2) is 123 Å². The topological polar surface area (TPSA) is 36.9 Å². The highest BCUT2D eigenvalue weighted by atomic mass is 32.2. The first-order chi connectivity index (χ1) is 16.4. The van der Waals surface area contributed by atoms with E-state index in [1.807, 2.05) is 70.6 Å². The van der Waals surface area contributed by atoms with Crippen molar-refractivity contribution in [3.63, 3.8) is 0 Å². The fourth-order valence-corrected chi connectivity index (χ4v) is 6.96. The van der Waals surface area contributed by atoms with Gasteiger partial charge in [-0.05, 0) is 66.3 Å². The fraction of sp³-hybridized carbons (Fsp3) is 1.00. The van der Waals surface area contributed by atoms with Gasteiger partial charge in [0.2, 0.25) is 0 Å². The van der Waals surface area contributed by atoms with E-state index < -0.39 is 0 Å². The second kappa shape index (κ2) is 33.9. The van der Waals surface area contributed by atoms with Gasteiger partial charge in [0.1, 0.15) is 0 Å². The van der Waals surface area contributed by atoms with Crippen molar-refractivity contribution in [1.29, 1.82) is 0 Å². The summed E-state index contributed by atoms with van der Waals surface area (Å²) >= 11 is 11.8. The molecule has 0 saturated heterocycles. The Morgan fingerprint density at radius 3 is 0.879 bits per heavy atom. The molecule has 0 spiro atoms. The van der Waals surface area contributed by atoms with Crippen molar-refractivity contribution in [2.45, 2.75) is 19.3 Å². The van der Waals surface area contributed by atoms with E-state index in [4.69, 9.17) is 18.9 Å². The van der Waals surface area contributed by atoms with Crippen molar-refractivity contribution in [3.8, 4) is 0 Å². The zero-order chi connectivity index (χ0) is 23.9. The predicted molar refractivity (Wildman–Crippen MR) is 163 cm³/mol. The molecule has 0 aromatic rings. The Bertz CT molecular complexity index is 316. The molecule has 33 heavy (non-hydrogen) atoms. The highest BCUT2D eigenvalue weighted by Gasteiger charge is 1.96. The van der Waals surface area contributed by atoms with Gasteiger partial charge in [0, 0.05) is 23.0 Å². The number of hydrogen-bond acceptors (Lipinski definition) is 10. The van der Waals surface area contributed by atoms with Crippen LogP contribution in [0.2, 0.25) is 0 Å². The third-order valence-corrected chi connectivity index (χ3v) is 9.61. The molecule has 0 unspecified atom stereocenters. The number of rotatable bonds is 30. The Morgan fingerprint density at radius 1 is 0.333 bits per heavy atom. The second-order valence-electron chi connectivity index (χ2n) is 6.95. The average Bonchev–Trinajstić information content (AvgIpc) is 2.83. The molecule has 0 bridgehead atoms. The summed E-state index contributed by atoms with van der Waals surface area (Å²) in [5, 5.41) is 0. The van der Waals surface area contributed by atoms with Crippen LogP contribution >= 0.6 is 70.6 Å². The zero-order valence-corrected chi connectivity index (χ0v) is 25.8. The van der Waals surface area contributed by atoms with Crippen LogP contribution in [0.15, 0.2) is 0 Å². The van der Waals surface area contributed by atoms with E-state index in [-0.39, 0.29) is 0 Å². The quantitative estimate of drug-likeness (QED) is 0.0961. The Balaban J connectivity index is 2.99. The third-order valence-electron chi connectivity index (χ3n) is 4.08. The maximum Gasteiger partial charge on any atom is 0.0700 e. The first-order valence-electron chi connectivity index (χ1n) is 12.0.